The van der Waals surface area contributed by atoms with E-state index in [2.05, 4.69) is 4.98 Å². The number of hydrogen-bond donors (Lipinski definition) is 1. The molecule has 0 fully saturated rings. The quantitative estimate of drug-likeness (QED) is 0.885. The smallest absolute Gasteiger partial charge is 0.334 e. The Kier molecular flexibility index (Phi) is 4.18. The van der Waals surface area contributed by atoms with E-state index in [1.54, 1.807) is 13.8 Å². The third kappa shape index (κ3) is 2.71. The lowest BCUT2D eigenvalue weighted by Gasteiger charge is -2.12. The molecule has 0 saturated heterocycles. The van der Waals surface area contributed by atoms with E-state index in [-0.39, 0.29) is 22.3 Å². The number of halogens is 2. The number of nitrogens with one attached hydrogen (secondary N) is 1. The van der Waals surface area contributed by atoms with Gasteiger partial charge in [-0.15, -0.1) is 0 Å². The van der Waals surface area contributed by atoms with Gasteiger partial charge < -0.3 is 4.74 Å². The summed E-state index contributed by atoms with van der Waals surface area (Å²) >= 11 is 5.90. The first-order valence-electron chi connectivity index (χ1n) is 6.25. The Balaban J connectivity index is 2.85. The zero-order valence-corrected chi connectivity index (χ0v) is 12.5. The number of aromatic nitrogens is 2. The van der Waals surface area contributed by atoms with Crippen molar-refractivity contribution in [1.82, 2.24) is 9.55 Å². The van der Waals surface area contributed by atoms with E-state index >= 15 is 0 Å². The van der Waals surface area contributed by atoms with Crippen LogP contribution in [0.4, 0.5) is 4.39 Å². The van der Waals surface area contributed by atoms with Crippen LogP contribution in [0.3, 0.4) is 0 Å². The van der Waals surface area contributed by atoms with Gasteiger partial charge in [0.15, 0.2) is 0 Å². The number of nitrogens with zero attached hydrogens (tertiary/aromatic N) is 1. The van der Waals surface area contributed by atoms with E-state index in [1.807, 2.05) is 0 Å². The predicted molar refractivity (Wildman–Crippen MR) is 78.3 cm³/mol. The highest BCUT2D eigenvalue weighted by molar-refractivity contribution is 6.30. The molecule has 1 aromatic heterocycles. The molecule has 2 aromatic rings. The lowest BCUT2D eigenvalue weighted by atomic mass is 10.1. The monoisotopic (exact) mass is 312 g/mol. The summed E-state index contributed by atoms with van der Waals surface area (Å²) in [5, 5.41) is -0.0282. The maximum atomic E-state index is 14.0. The second-order valence-electron chi connectivity index (χ2n) is 4.77. The Hall–Kier alpha value is -2.08. The van der Waals surface area contributed by atoms with Crippen molar-refractivity contribution in [2.24, 2.45) is 0 Å². The minimum Gasteiger partial charge on any atom is -0.497 e. The Morgan fingerprint density at radius 1 is 1.33 bits per heavy atom. The fourth-order valence-corrected chi connectivity index (χ4v) is 2.41. The molecule has 0 unspecified atom stereocenters. The lowest BCUT2D eigenvalue weighted by Crippen LogP contribution is -2.37. The molecule has 0 saturated carbocycles. The van der Waals surface area contributed by atoms with Gasteiger partial charge in [-0.2, -0.15) is 0 Å². The fourth-order valence-electron chi connectivity index (χ4n) is 2.03. The van der Waals surface area contributed by atoms with Gasteiger partial charge in [0.25, 0.3) is 5.56 Å². The molecule has 21 heavy (non-hydrogen) atoms. The molecule has 112 valence electrons. The van der Waals surface area contributed by atoms with Gasteiger partial charge in [-0.3, -0.25) is 9.78 Å². The first-order valence-corrected chi connectivity index (χ1v) is 6.63. The molecule has 1 aromatic carbocycles. The van der Waals surface area contributed by atoms with Gasteiger partial charge in [-0.25, -0.2) is 13.8 Å². The molecule has 0 radical (unpaired) electrons. The van der Waals surface area contributed by atoms with Gasteiger partial charge in [-0.1, -0.05) is 25.4 Å². The molecular weight excluding hydrogens is 299 g/mol. The molecular formula is C14H14ClFN2O3. The van der Waals surface area contributed by atoms with Crippen LogP contribution < -0.4 is 16.0 Å². The summed E-state index contributed by atoms with van der Waals surface area (Å²) in [5.74, 6) is -0.596. The Morgan fingerprint density at radius 2 is 2.00 bits per heavy atom. The van der Waals surface area contributed by atoms with Crippen LogP contribution in [-0.4, -0.2) is 16.7 Å². The van der Waals surface area contributed by atoms with Crippen LogP contribution >= 0.6 is 11.6 Å². The molecule has 0 atom stereocenters. The molecule has 0 bridgehead atoms. The first kappa shape index (κ1) is 15.3. The molecule has 0 spiro atoms. The standard InChI is InChI=1S/C14H14ClFN2O3/c1-7(2)11-12(15)17-14(20)18(13(11)19)10-6-8(21-3)4-5-9(10)16/h4-7H,1-3H3,(H,17,20). The summed E-state index contributed by atoms with van der Waals surface area (Å²) < 4.78 is 19.7. The molecule has 0 aliphatic rings. The highest BCUT2D eigenvalue weighted by Crippen LogP contribution is 2.20. The van der Waals surface area contributed by atoms with E-state index in [0.717, 1.165) is 10.6 Å². The average Bonchev–Trinajstić information content (AvgIpc) is 2.39. The summed E-state index contributed by atoms with van der Waals surface area (Å²) in [6.07, 6.45) is 0. The van der Waals surface area contributed by atoms with Gasteiger partial charge >= 0.3 is 5.69 Å². The summed E-state index contributed by atoms with van der Waals surface area (Å²) in [5.41, 5.74) is -1.41. The van der Waals surface area contributed by atoms with Crippen molar-refractivity contribution in [3.8, 4) is 11.4 Å². The summed E-state index contributed by atoms with van der Waals surface area (Å²) in [6.45, 7) is 3.51. The van der Waals surface area contributed by atoms with E-state index in [1.165, 1.54) is 19.2 Å². The number of methoxy groups -OCH3 is 1. The van der Waals surface area contributed by atoms with Crippen LogP contribution in [0.15, 0.2) is 27.8 Å². The van der Waals surface area contributed by atoms with Crippen molar-refractivity contribution in [2.45, 2.75) is 19.8 Å². The number of benzene rings is 1. The lowest BCUT2D eigenvalue weighted by molar-refractivity contribution is 0.413. The van der Waals surface area contributed by atoms with E-state index < -0.39 is 17.1 Å². The van der Waals surface area contributed by atoms with Crippen molar-refractivity contribution in [2.75, 3.05) is 7.11 Å². The van der Waals surface area contributed by atoms with Crippen molar-refractivity contribution in [3.05, 3.63) is 55.6 Å². The minimum atomic E-state index is -0.804. The minimum absolute atomic E-state index is 0.0282. The van der Waals surface area contributed by atoms with Crippen LogP contribution in [0, 0.1) is 5.82 Å². The van der Waals surface area contributed by atoms with Crippen LogP contribution in [0.5, 0.6) is 5.75 Å². The van der Waals surface area contributed by atoms with E-state index in [4.69, 9.17) is 16.3 Å². The van der Waals surface area contributed by atoms with Crippen molar-refractivity contribution in [3.63, 3.8) is 0 Å². The van der Waals surface area contributed by atoms with Gasteiger partial charge in [-0.05, 0) is 18.1 Å². The average molecular weight is 313 g/mol. The maximum Gasteiger partial charge on any atom is 0.334 e. The van der Waals surface area contributed by atoms with E-state index in [9.17, 15) is 14.0 Å². The van der Waals surface area contributed by atoms with Crippen molar-refractivity contribution >= 4 is 11.6 Å². The number of rotatable bonds is 3. The van der Waals surface area contributed by atoms with Crippen LogP contribution in [0.25, 0.3) is 5.69 Å². The molecule has 1 N–H and O–H groups in total. The molecule has 1 heterocycles. The highest BCUT2D eigenvalue weighted by atomic mass is 35.5. The van der Waals surface area contributed by atoms with Gasteiger partial charge in [0.2, 0.25) is 0 Å². The molecule has 2 rings (SSSR count). The SMILES string of the molecule is COc1ccc(F)c(-n2c(=O)[nH]c(Cl)c(C(C)C)c2=O)c1. The second-order valence-corrected chi connectivity index (χ2v) is 5.15. The zero-order chi connectivity index (χ0) is 15.7. The third-order valence-electron chi connectivity index (χ3n) is 3.06. The normalized spacial score (nSPS) is 11.0. The Bertz CT molecular complexity index is 796. The molecule has 5 nitrogen and oxygen atoms in total. The van der Waals surface area contributed by atoms with Crippen molar-refractivity contribution in [1.29, 1.82) is 0 Å². The van der Waals surface area contributed by atoms with Crippen LogP contribution in [0.2, 0.25) is 5.15 Å². The number of H-pyrrole nitrogens is 1. The Labute approximate surface area is 125 Å². The van der Waals surface area contributed by atoms with Gasteiger partial charge in [0, 0.05) is 6.07 Å². The predicted octanol–water partition coefficient (Wildman–Crippen LogP) is 2.45. The first-order chi connectivity index (χ1) is 9.86. The van der Waals surface area contributed by atoms with Crippen LogP contribution in [-0.2, 0) is 0 Å². The third-order valence-corrected chi connectivity index (χ3v) is 3.36. The molecule has 0 aliphatic heterocycles. The summed E-state index contributed by atoms with van der Waals surface area (Å²) in [7, 11) is 1.41. The van der Waals surface area contributed by atoms with Gasteiger partial charge in [0.1, 0.15) is 16.7 Å². The molecule has 0 amide bonds. The molecule has 7 heteroatoms. The molecule has 0 aliphatic carbocycles. The largest absolute Gasteiger partial charge is 0.497 e. The zero-order valence-electron chi connectivity index (χ0n) is 11.7. The second kappa shape index (κ2) is 5.73. The van der Waals surface area contributed by atoms with E-state index in [0.29, 0.717) is 5.75 Å². The van der Waals surface area contributed by atoms with Crippen molar-refractivity contribution < 1.29 is 9.13 Å². The van der Waals surface area contributed by atoms with Gasteiger partial charge in [0.05, 0.1) is 18.4 Å². The number of ether oxygens (including phenoxy) is 1. The number of hydrogen-bond acceptors (Lipinski definition) is 3. The summed E-state index contributed by atoms with van der Waals surface area (Å²) in [6, 6.07) is 3.81. The highest BCUT2D eigenvalue weighted by Gasteiger charge is 2.19. The summed E-state index contributed by atoms with van der Waals surface area (Å²) in [4.78, 5) is 26.8. The van der Waals surface area contributed by atoms with Crippen LogP contribution in [0.1, 0.15) is 25.3 Å². The Morgan fingerprint density at radius 3 is 2.57 bits per heavy atom. The number of aromatic amines is 1. The maximum absolute atomic E-state index is 14.0. The fraction of sp³-hybridized carbons (Fsp3) is 0.286. The topological polar surface area (TPSA) is 64.1 Å².